The van der Waals surface area contributed by atoms with Gasteiger partial charge >= 0.3 is 0 Å². The van der Waals surface area contributed by atoms with E-state index in [-0.39, 0.29) is 10.8 Å². The summed E-state index contributed by atoms with van der Waals surface area (Å²) in [5, 5.41) is 2.66. The molecule has 0 spiro atoms. The quantitative estimate of drug-likeness (QED) is 0.610. The van der Waals surface area contributed by atoms with Gasteiger partial charge in [-0.05, 0) is 25.1 Å². The normalized spacial score (nSPS) is 11.1. The maximum atomic E-state index is 11.8. The van der Waals surface area contributed by atoms with Crippen LogP contribution < -0.4 is 5.32 Å². The van der Waals surface area contributed by atoms with Gasteiger partial charge in [-0.15, -0.1) is 0 Å². The average molecular weight is 297 g/mol. The van der Waals surface area contributed by atoms with Gasteiger partial charge in [-0.2, -0.15) is 0 Å². The highest BCUT2D eigenvalue weighted by Gasteiger charge is 2.11. The number of carbonyl (C=O) groups is 1. The van der Waals surface area contributed by atoms with E-state index < -0.39 is 9.84 Å². The monoisotopic (exact) mass is 297 g/mol. The van der Waals surface area contributed by atoms with E-state index in [9.17, 15) is 13.2 Å². The third-order valence-corrected chi connectivity index (χ3v) is 3.52. The van der Waals surface area contributed by atoms with Crippen LogP contribution in [0.5, 0.6) is 0 Å². The molecular formula is C14H19NO4S. The van der Waals surface area contributed by atoms with Gasteiger partial charge in [-0.25, -0.2) is 8.42 Å². The average Bonchev–Trinajstić information content (AvgIpc) is 2.37. The summed E-state index contributed by atoms with van der Waals surface area (Å²) >= 11 is 0. The molecule has 0 heterocycles. The summed E-state index contributed by atoms with van der Waals surface area (Å²) in [4.78, 5) is 12.0. The highest BCUT2D eigenvalue weighted by Crippen LogP contribution is 2.11. The molecule has 1 aromatic carbocycles. The first kappa shape index (κ1) is 16.4. The predicted octanol–water partition coefficient (Wildman–Crippen LogP) is 1.41. The van der Waals surface area contributed by atoms with Crippen LogP contribution in [0.3, 0.4) is 0 Å². The van der Waals surface area contributed by atoms with Gasteiger partial charge < -0.3 is 10.1 Å². The standard InChI is InChI=1S/C14H19NO4S/c1-11(2)10-19-8-7-15-14(16)12-5-4-6-13(9-12)20(3,17)18/h4-6,9H,1,7-8,10H2,2-3H3,(H,15,16). The van der Waals surface area contributed by atoms with Gasteiger partial charge in [0.2, 0.25) is 0 Å². The first-order valence-corrected chi connectivity index (χ1v) is 8.00. The lowest BCUT2D eigenvalue weighted by molar-refractivity contribution is 0.0926. The fraction of sp³-hybridized carbons (Fsp3) is 0.357. The molecule has 0 saturated carbocycles. The van der Waals surface area contributed by atoms with Gasteiger partial charge in [0.05, 0.1) is 18.1 Å². The summed E-state index contributed by atoms with van der Waals surface area (Å²) in [7, 11) is -3.31. The number of hydrogen-bond acceptors (Lipinski definition) is 4. The number of hydrogen-bond donors (Lipinski definition) is 1. The molecule has 0 aliphatic carbocycles. The highest BCUT2D eigenvalue weighted by atomic mass is 32.2. The maximum Gasteiger partial charge on any atom is 0.251 e. The molecule has 0 atom stereocenters. The molecule has 1 aromatic rings. The summed E-state index contributed by atoms with van der Waals surface area (Å²) in [5.74, 6) is -0.325. The third-order valence-electron chi connectivity index (χ3n) is 2.40. The van der Waals surface area contributed by atoms with E-state index in [2.05, 4.69) is 11.9 Å². The second-order valence-electron chi connectivity index (χ2n) is 4.57. The van der Waals surface area contributed by atoms with E-state index in [0.29, 0.717) is 25.3 Å². The number of benzene rings is 1. The fourth-order valence-electron chi connectivity index (χ4n) is 1.45. The van der Waals surface area contributed by atoms with Crippen molar-refractivity contribution in [1.82, 2.24) is 5.32 Å². The Kier molecular flexibility index (Phi) is 5.91. The number of rotatable bonds is 7. The number of amides is 1. The number of nitrogens with one attached hydrogen (secondary N) is 1. The minimum atomic E-state index is -3.31. The Balaban J connectivity index is 2.54. The molecule has 0 radical (unpaired) electrons. The Hall–Kier alpha value is -1.66. The SMILES string of the molecule is C=C(C)COCCNC(=O)c1cccc(S(C)(=O)=O)c1. The van der Waals surface area contributed by atoms with Crippen LogP contribution in [0.4, 0.5) is 0 Å². The van der Waals surface area contributed by atoms with Gasteiger partial charge in [0.25, 0.3) is 5.91 Å². The molecule has 0 fully saturated rings. The topological polar surface area (TPSA) is 72.5 Å². The lowest BCUT2D eigenvalue weighted by atomic mass is 10.2. The first-order chi connectivity index (χ1) is 9.30. The van der Waals surface area contributed by atoms with E-state index in [1.165, 1.54) is 12.1 Å². The molecule has 0 aliphatic rings. The zero-order valence-corrected chi connectivity index (χ0v) is 12.5. The van der Waals surface area contributed by atoms with Crippen molar-refractivity contribution in [3.05, 3.63) is 42.0 Å². The number of ether oxygens (including phenoxy) is 1. The van der Waals surface area contributed by atoms with Crippen molar-refractivity contribution in [1.29, 1.82) is 0 Å². The van der Waals surface area contributed by atoms with Crippen molar-refractivity contribution < 1.29 is 17.9 Å². The second kappa shape index (κ2) is 7.21. The molecule has 0 saturated heterocycles. The Morgan fingerprint density at radius 1 is 1.40 bits per heavy atom. The van der Waals surface area contributed by atoms with Crippen LogP contribution in [0.2, 0.25) is 0 Å². The minimum Gasteiger partial charge on any atom is -0.375 e. The van der Waals surface area contributed by atoms with E-state index in [0.717, 1.165) is 11.8 Å². The summed E-state index contributed by atoms with van der Waals surface area (Å²) in [6.07, 6.45) is 1.11. The van der Waals surface area contributed by atoms with Crippen molar-refractivity contribution in [3.63, 3.8) is 0 Å². The summed E-state index contributed by atoms with van der Waals surface area (Å²) in [6.45, 7) is 6.75. The molecule has 0 aliphatic heterocycles. The molecular weight excluding hydrogens is 278 g/mol. The van der Waals surface area contributed by atoms with Crippen LogP contribution in [-0.2, 0) is 14.6 Å². The highest BCUT2D eigenvalue weighted by molar-refractivity contribution is 7.90. The summed E-state index contributed by atoms with van der Waals surface area (Å²) in [5.41, 5.74) is 1.23. The molecule has 1 N–H and O–H groups in total. The van der Waals surface area contributed by atoms with E-state index in [4.69, 9.17) is 4.74 Å². The number of sulfone groups is 1. The van der Waals surface area contributed by atoms with Gasteiger partial charge in [0.15, 0.2) is 9.84 Å². The van der Waals surface area contributed by atoms with Crippen LogP contribution in [-0.4, -0.2) is 40.3 Å². The molecule has 0 aromatic heterocycles. The zero-order valence-electron chi connectivity index (χ0n) is 11.7. The Labute approximate surface area is 119 Å². The molecule has 0 unspecified atom stereocenters. The number of carbonyl (C=O) groups excluding carboxylic acids is 1. The molecule has 20 heavy (non-hydrogen) atoms. The van der Waals surface area contributed by atoms with Gasteiger partial charge in [0, 0.05) is 18.4 Å². The Morgan fingerprint density at radius 3 is 2.70 bits per heavy atom. The largest absolute Gasteiger partial charge is 0.375 e. The molecule has 1 rings (SSSR count). The second-order valence-corrected chi connectivity index (χ2v) is 6.58. The Morgan fingerprint density at radius 2 is 2.10 bits per heavy atom. The van der Waals surface area contributed by atoms with E-state index in [1.54, 1.807) is 12.1 Å². The lowest BCUT2D eigenvalue weighted by Gasteiger charge is -2.07. The molecule has 5 nitrogen and oxygen atoms in total. The van der Waals surface area contributed by atoms with Gasteiger partial charge in [0.1, 0.15) is 0 Å². The van der Waals surface area contributed by atoms with Crippen molar-refractivity contribution >= 4 is 15.7 Å². The Bertz CT molecular complexity index is 593. The predicted molar refractivity (Wildman–Crippen MR) is 77.5 cm³/mol. The summed E-state index contributed by atoms with van der Waals surface area (Å²) in [6, 6.07) is 5.93. The molecule has 110 valence electrons. The van der Waals surface area contributed by atoms with E-state index in [1.807, 2.05) is 6.92 Å². The van der Waals surface area contributed by atoms with Gasteiger partial charge in [-0.3, -0.25) is 4.79 Å². The third kappa shape index (κ3) is 5.54. The zero-order chi connectivity index (χ0) is 15.2. The first-order valence-electron chi connectivity index (χ1n) is 6.11. The minimum absolute atomic E-state index is 0.128. The van der Waals surface area contributed by atoms with Crippen molar-refractivity contribution in [2.24, 2.45) is 0 Å². The van der Waals surface area contributed by atoms with Gasteiger partial charge in [-0.1, -0.05) is 18.2 Å². The molecule has 0 bridgehead atoms. The van der Waals surface area contributed by atoms with Crippen molar-refractivity contribution in [3.8, 4) is 0 Å². The molecule has 1 amide bonds. The van der Waals surface area contributed by atoms with Crippen LogP contribution in [0.25, 0.3) is 0 Å². The van der Waals surface area contributed by atoms with Crippen LogP contribution in [0.15, 0.2) is 41.3 Å². The van der Waals surface area contributed by atoms with E-state index >= 15 is 0 Å². The molecule has 6 heteroatoms. The van der Waals surface area contributed by atoms with Crippen molar-refractivity contribution in [2.45, 2.75) is 11.8 Å². The lowest BCUT2D eigenvalue weighted by Crippen LogP contribution is -2.27. The van der Waals surface area contributed by atoms with Crippen LogP contribution in [0.1, 0.15) is 17.3 Å². The summed E-state index contributed by atoms with van der Waals surface area (Å²) < 4.78 is 28.1. The van der Waals surface area contributed by atoms with Crippen LogP contribution in [0, 0.1) is 0 Å². The van der Waals surface area contributed by atoms with Crippen molar-refractivity contribution in [2.75, 3.05) is 26.0 Å². The van der Waals surface area contributed by atoms with Crippen LogP contribution >= 0.6 is 0 Å². The fourth-order valence-corrected chi connectivity index (χ4v) is 2.12. The maximum absolute atomic E-state index is 11.8. The smallest absolute Gasteiger partial charge is 0.251 e.